The van der Waals surface area contributed by atoms with Crippen molar-refractivity contribution in [3.05, 3.63) is 42.2 Å². The molecule has 1 aromatic carbocycles. The van der Waals surface area contributed by atoms with Crippen molar-refractivity contribution in [3.63, 3.8) is 0 Å². The molecule has 0 aliphatic carbocycles. The number of aliphatic hydroxyl groups is 1. The van der Waals surface area contributed by atoms with Crippen molar-refractivity contribution in [1.82, 2.24) is 15.0 Å². The lowest BCUT2D eigenvalue weighted by Gasteiger charge is -2.18. The third-order valence-corrected chi connectivity index (χ3v) is 2.85. The Kier molecular flexibility index (Phi) is 4.07. The second-order valence-electron chi connectivity index (χ2n) is 4.28. The maximum absolute atomic E-state index is 10.3. The molecule has 2 unspecified atom stereocenters. The highest BCUT2D eigenvalue weighted by atomic mass is 16.5. The second kappa shape index (κ2) is 5.75. The van der Waals surface area contributed by atoms with Crippen LogP contribution in [0.2, 0.25) is 0 Å². The maximum Gasteiger partial charge on any atom is 0.102 e. The van der Waals surface area contributed by atoms with Gasteiger partial charge >= 0.3 is 0 Å². The minimum Gasteiger partial charge on any atom is -0.386 e. The molecule has 1 aromatic heterocycles. The summed E-state index contributed by atoms with van der Waals surface area (Å²) in [6, 6.07) is 9.62. The lowest BCUT2D eigenvalue weighted by atomic mass is 10.0. The first-order valence-corrected chi connectivity index (χ1v) is 5.87. The van der Waals surface area contributed by atoms with Crippen molar-refractivity contribution < 1.29 is 9.84 Å². The Bertz CT molecular complexity index is 484. The molecule has 5 heteroatoms. The molecular formula is C13H17N3O2. The molecule has 2 aromatic rings. The van der Waals surface area contributed by atoms with Crippen LogP contribution in [0.15, 0.2) is 36.5 Å². The number of para-hydroxylation sites is 1. The van der Waals surface area contributed by atoms with E-state index in [-0.39, 0.29) is 5.92 Å². The Morgan fingerprint density at radius 1 is 1.33 bits per heavy atom. The fourth-order valence-corrected chi connectivity index (χ4v) is 1.86. The molecule has 96 valence electrons. The molecule has 0 aliphatic rings. The first kappa shape index (κ1) is 12.7. The molecule has 0 aliphatic heterocycles. The number of hydrogen-bond acceptors (Lipinski definition) is 4. The highest BCUT2D eigenvalue weighted by molar-refractivity contribution is 5.32. The van der Waals surface area contributed by atoms with Crippen molar-refractivity contribution in [2.24, 2.45) is 5.92 Å². The van der Waals surface area contributed by atoms with Gasteiger partial charge in [0.2, 0.25) is 0 Å². The van der Waals surface area contributed by atoms with Gasteiger partial charge in [0.05, 0.1) is 24.2 Å². The van der Waals surface area contributed by atoms with Crippen LogP contribution < -0.4 is 0 Å². The smallest absolute Gasteiger partial charge is 0.102 e. The van der Waals surface area contributed by atoms with Crippen LogP contribution >= 0.6 is 0 Å². The van der Waals surface area contributed by atoms with Gasteiger partial charge in [0.1, 0.15) is 6.10 Å². The zero-order valence-electron chi connectivity index (χ0n) is 10.5. The summed E-state index contributed by atoms with van der Waals surface area (Å²) in [6.07, 6.45) is 0.934. The largest absolute Gasteiger partial charge is 0.386 e. The topological polar surface area (TPSA) is 60.2 Å². The van der Waals surface area contributed by atoms with Crippen LogP contribution in [0, 0.1) is 5.92 Å². The van der Waals surface area contributed by atoms with Crippen molar-refractivity contribution in [2.75, 3.05) is 13.7 Å². The first-order valence-electron chi connectivity index (χ1n) is 5.87. The number of aromatic nitrogens is 3. The van der Waals surface area contributed by atoms with Gasteiger partial charge < -0.3 is 9.84 Å². The maximum atomic E-state index is 10.3. The van der Waals surface area contributed by atoms with Crippen molar-refractivity contribution in [1.29, 1.82) is 0 Å². The zero-order valence-corrected chi connectivity index (χ0v) is 10.5. The molecule has 2 atom stereocenters. The standard InChI is InChI=1S/C13H17N3O2/c1-10(9-18-2)13(17)12-8-14-15-16(12)11-6-4-3-5-7-11/h3-8,10,13,17H,9H2,1-2H3. The van der Waals surface area contributed by atoms with Crippen LogP contribution in [0.3, 0.4) is 0 Å². The summed E-state index contributed by atoms with van der Waals surface area (Å²) in [5, 5.41) is 18.2. The molecular weight excluding hydrogens is 230 g/mol. The number of nitrogens with zero attached hydrogens (tertiary/aromatic N) is 3. The Hall–Kier alpha value is -1.72. The Morgan fingerprint density at radius 2 is 2.06 bits per heavy atom. The van der Waals surface area contributed by atoms with Gasteiger partial charge in [-0.1, -0.05) is 30.3 Å². The van der Waals surface area contributed by atoms with Crippen LogP contribution in [-0.2, 0) is 4.74 Å². The van der Waals surface area contributed by atoms with Crippen molar-refractivity contribution in [2.45, 2.75) is 13.0 Å². The summed E-state index contributed by atoms with van der Waals surface area (Å²) in [7, 11) is 1.62. The Morgan fingerprint density at radius 3 is 2.72 bits per heavy atom. The quantitative estimate of drug-likeness (QED) is 0.871. The molecule has 0 amide bonds. The highest BCUT2D eigenvalue weighted by Gasteiger charge is 2.21. The van der Waals surface area contributed by atoms with Gasteiger partial charge in [-0.15, -0.1) is 5.10 Å². The van der Waals surface area contributed by atoms with E-state index < -0.39 is 6.10 Å². The van der Waals surface area contributed by atoms with E-state index in [1.165, 1.54) is 0 Å². The van der Waals surface area contributed by atoms with E-state index in [2.05, 4.69) is 10.3 Å². The number of hydrogen-bond donors (Lipinski definition) is 1. The summed E-state index contributed by atoms with van der Waals surface area (Å²) in [5.41, 5.74) is 1.56. The van der Waals surface area contributed by atoms with E-state index in [1.54, 1.807) is 18.0 Å². The number of aliphatic hydroxyl groups excluding tert-OH is 1. The summed E-state index contributed by atoms with van der Waals surface area (Å²) >= 11 is 0. The number of benzene rings is 1. The summed E-state index contributed by atoms with van der Waals surface area (Å²) in [4.78, 5) is 0. The molecule has 0 radical (unpaired) electrons. The second-order valence-corrected chi connectivity index (χ2v) is 4.28. The van der Waals surface area contributed by atoms with Crippen LogP contribution in [0.25, 0.3) is 5.69 Å². The number of ether oxygens (including phenoxy) is 1. The normalized spacial score (nSPS) is 14.4. The Labute approximate surface area is 106 Å². The molecule has 18 heavy (non-hydrogen) atoms. The Balaban J connectivity index is 2.28. The van der Waals surface area contributed by atoms with Gasteiger partial charge in [-0.25, -0.2) is 4.68 Å². The summed E-state index contributed by atoms with van der Waals surface area (Å²) in [6.45, 7) is 2.41. The van der Waals surface area contributed by atoms with Gasteiger partial charge in [0.15, 0.2) is 0 Å². The monoisotopic (exact) mass is 247 g/mol. The molecule has 0 fully saturated rings. The van der Waals surface area contributed by atoms with Crippen LogP contribution in [0.5, 0.6) is 0 Å². The van der Waals surface area contributed by atoms with Crippen molar-refractivity contribution >= 4 is 0 Å². The minimum atomic E-state index is -0.653. The number of rotatable bonds is 5. The van der Waals surface area contributed by atoms with Crippen molar-refractivity contribution in [3.8, 4) is 5.69 Å². The van der Waals surface area contributed by atoms with Crippen LogP contribution in [0.4, 0.5) is 0 Å². The summed E-state index contributed by atoms with van der Waals surface area (Å²) in [5.74, 6) is -0.0176. The lowest BCUT2D eigenvalue weighted by Crippen LogP contribution is -2.17. The average molecular weight is 247 g/mol. The van der Waals surface area contributed by atoms with E-state index in [1.807, 2.05) is 37.3 Å². The van der Waals surface area contributed by atoms with Crippen LogP contribution in [0.1, 0.15) is 18.7 Å². The van der Waals surface area contributed by atoms with E-state index in [9.17, 15) is 5.11 Å². The molecule has 1 heterocycles. The van der Waals surface area contributed by atoms with E-state index in [0.717, 1.165) is 5.69 Å². The molecule has 1 N–H and O–H groups in total. The SMILES string of the molecule is COCC(C)C(O)c1cnnn1-c1ccccc1. The first-order chi connectivity index (χ1) is 8.74. The average Bonchev–Trinajstić information content (AvgIpc) is 2.88. The van der Waals surface area contributed by atoms with Gasteiger partial charge in [0.25, 0.3) is 0 Å². The fraction of sp³-hybridized carbons (Fsp3) is 0.385. The number of methoxy groups -OCH3 is 1. The molecule has 0 saturated heterocycles. The van der Waals surface area contributed by atoms with Gasteiger partial charge in [-0.05, 0) is 12.1 Å². The third kappa shape index (κ3) is 2.57. The van der Waals surface area contributed by atoms with E-state index in [4.69, 9.17) is 4.74 Å². The molecule has 0 saturated carbocycles. The third-order valence-electron chi connectivity index (χ3n) is 2.85. The van der Waals surface area contributed by atoms with E-state index in [0.29, 0.717) is 12.3 Å². The lowest BCUT2D eigenvalue weighted by molar-refractivity contribution is 0.0526. The molecule has 2 rings (SSSR count). The van der Waals surface area contributed by atoms with Gasteiger partial charge in [-0.3, -0.25) is 0 Å². The van der Waals surface area contributed by atoms with Gasteiger partial charge in [0, 0.05) is 13.0 Å². The predicted octanol–water partition coefficient (Wildman–Crippen LogP) is 1.58. The summed E-state index contributed by atoms with van der Waals surface area (Å²) < 4.78 is 6.71. The predicted molar refractivity (Wildman–Crippen MR) is 67.4 cm³/mol. The minimum absolute atomic E-state index is 0.0176. The van der Waals surface area contributed by atoms with Crippen LogP contribution in [-0.4, -0.2) is 33.8 Å². The van der Waals surface area contributed by atoms with Gasteiger partial charge in [-0.2, -0.15) is 0 Å². The molecule has 5 nitrogen and oxygen atoms in total. The zero-order chi connectivity index (χ0) is 13.0. The molecule has 0 spiro atoms. The highest BCUT2D eigenvalue weighted by Crippen LogP contribution is 2.23. The fourth-order valence-electron chi connectivity index (χ4n) is 1.86. The molecule has 0 bridgehead atoms. The van der Waals surface area contributed by atoms with E-state index >= 15 is 0 Å².